The molecule has 2 N–H and O–H groups in total. The molecule has 5 nitrogen and oxygen atoms in total. The van der Waals surface area contributed by atoms with E-state index in [0.717, 1.165) is 49.0 Å². The summed E-state index contributed by atoms with van der Waals surface area (Å²) in [7, 11) is 0. The number of aryl methyl sites for hydroxylation is 1. The summed E-state index contributed by atoms with van der Waals surface area (Å²) in [6.07, 6.45) is 0. The Kier molecular flexibility index (Phi) is 5.38. The standard InChI is InChI=1S/C17H22N4OS/c1-13-12-23-17(20-13)15-4-2-3-14(11-15)16(22)19-7-10-21-8-5-18-6-9-21/h2-4,11-12,18H,5-10H2,1H3,(H,19,22). The van der Waals surface area contributed by atoms with Gasteiger partial charge in [0.15, 0.2) is 0 Å². The Morgan fingerprint density at radius 3 is 2.96 bits per heavy atom. The molecule has 0 bridgehead atoms. The summed E-state index contributed by atoms with van der Waals surface area (Å²) in [6, 6.07) is 7.68. The zero-order valence-electron chi connectivity index (χ0n) is 13.3. The number of piperazine rings is 1. The SMILES string of the molecule is Cc1csc(-c2cccc(C(=O)NCCN3CCNCC3)c2)n1. The molecule has 1 aliphatic rings. The first-order valence-electron chi connectivity index (χ1n) is 7.96. The molecule has 3 rings (SSSR count). The van der Waals surface area contributed by atoms with Crippen molar-refractivity contribution in [2.75, 3.05) is 39.3 Å². The van der Waals surface area contributed by atoms with E-state index in [2.05, 4.69) is 20.5 Å². The molecular weight excluding hydrogens is 308 g/mol. The van der Waals surface area contributed by atoms with Crippen LogP contribution in [0.25, 0.3) is 10.6 Å². The van der Waals surface area contributed by atoms with Crippen LogP contribution in [0.15, 0.2) is 29.6 Å². The second kappa shape index (κ2) is 7.68. The number of thiazole rings is 1. The molecular formula is C17H22N4OS. The largest absolute Gasteiger partial charge is 0.351 e. The van der Waals surface area contributed by atoms with Gasteiger partial charge in [0.05, 0.1) is 0 Å². The van der Waals surface area contributed by atoms with Crippen LogP contribution in [0.3, 0.4) is 0 Å². The first-order chi connectivity index (χ1) is 11.2. The number of hydrogen-bond donors (Lipinski definition) is 2. The van der Waals surface area contributed by atoms with E-state index in [1.165, 1.54) is 0 Å². The molecule has 1 aliphatic heterocycles. The summed E-state index contributed by atoms with van der Waals surface area (Å²) in [5.74, 6) is -0.0183. The minimum Gasteiger partial charge on any atom is -0.351 e. The van der Waals surface area contributed by atoms with Crippen LogP contribution in [-0.2, 0) is 0 Å². The molecule has 1 fully saturated rings. The van der Waals surface area contributed by atoms with Gasteiger partial charge in [-0.1, -0.05) is 12.1 Å². The summed E-state index contributed by atoms with van der Waals surface area (Å²) in [6.45, 7) is 7.72. The van der Waals surface area contributed by atoms with E-state index in [1.54, 1.807) is 11.3 Å². The molecule has 0 radical (unpaired) electrons. The van der Waals surface area contributed by atoms with E-state index >= 15 is 0 Å². The topological polar surface area (TPSA) is 57.3 Å². The third-order valence-corrected chi connectivity index (χ3v) is 4.92. The van der Waals surface area contributed by atoms with E-state index in [9.17, 15) is 4.79 Å². The maximum Gasteiger partial charge on any atom is 0.251 e. The average molecular weight is 330 g/mol. The molecule has 1 aromatic heterocycles. The summed E-state index contributed by atoms with van der Waals surface area (Å²) >= 11 is 1.60. The number of carbonyl (C=O) groups is 1. The normalized spacial score (nSPS) is 15.5. The fourth-order valence-electron chi connectivity index (χ4n) is 2.64. The molecule has 2 heterocycles. The van der Waals surface area contributed by atoms with Crippen molar-refractivity contribution >= 4 is 17.2 Å². The van der Waals surface area contributed by atoms with Crippen LogP contribution in [0.2, 0.25) is 0 Å². The van der Waals surface area contributed by atoms with Gasteiger partial charge in [-0.15, -0.1) is 11.3 Å². The second-order valence-corrected chi connectivity index (χ2v) is 6.58. The first kappa shape index (κ1) is 16.1. The number of nitrogens with zero attached hydrogens (tertiary/aromatic N) is 2. The number of benzene rings is 1. The molecule has 122 valence electrons. The molecule has 6 heteroatoms. The fourth-order valence-corrected chi connectivity index (χ4v) is 3.44. The van der Waals surface area contributed by atoms with Crippen LogP contribution < -0.4 is 10.6 Å². The van der Waals surface area contributed by atoms with Gasteiger partial charge in [-0.25, -0.2) is 4.98 Å². The van der Waals surface area contributed by atoms with Gasteiger partial charge in [0.1, 0.15) is 5.01 Å². The van der Waals surface area contributed by atoms with Crippen LogP contribution in [0.5, 0.6) is 0 Å². The van der Waals surface area contributed by atoms with Crippen LogP contribution in [0.4, 0.5) is 0 Å². The minimum atomic E-state index is -0.0183. The van der Waals surface area contributed by atoms with Crippen molar-refractivity contribution in [2.24, 2.45) is 0 Å². The molecule has 0 unspecified atom stereocenters. The van der Waals surface area contributed by atoms with Gasteiger partial charge in [-0.05, 0) is 19.1 Å². The highest BCUT2D eigenvalue weighted by molar-refractivity contribution is 7.13. The van der Waals surface area contributed by atoms with Crippen molar-refractivity contribution in [2.45, 2.75) is 6.92 Å². The van der Waals surface area contributed by atoms with Gasteiger partial charge in [-0.3, -0.25) is 9.69 Å². The zero-order valence-corrected chi connectivity index (χ0v) is 14.2. The molecule has 0 saturated carbocycles. The molecule has 23 heavy (non-hydrogen) atoms. The van der Waals surface area contributed by atoms with Gasteiger partial charge in [-0.2, -0.15) is 0 Å². The lowest BCUT2D eigenvalue weighted by Crippen LogP contribution is -2.46. The Hall–Kier alpha value is -1.76. The first-order valence-corrected chi connectivity index (χ1v) is 8.84. The lowest BCUT2D eigenvalue weighted by atomic mass is 10.1. The molecule has 1 amide bonds. The Balaban J connectivity index is 1.56. The summed E-state index contributed by atoms with van der Waals surface area (Å²) < 4.78 is 0. The lowest BCUT2D eigenvalue weighted by molar-refractivity contribution is 0.0947. The highest BCUT2D eigenvalue weighted by atomic mass is 32.1. The Bertz CT molecular complexity index is 664. The van der Waals surface area contributed by atoms with Gasteiger partial charge in [0.2, 0.25) is 0 Å². The van der Waals surface area contributed by atoms with E-state index in [1.807, 2.05) is 36.6 Å². The predicted molar refractivity (Wildman–Crippen MR) is 93.9 cm³/mol. The Labute approximate surface area is 140 Å². The van der Waals surface area contributed by atoms with Crippen molar-refractivity contribution in [1.82, 2.24) is 20.5 Å². The Morgan fingerprint density at radius 1 is 1.39 bits per heavy atom. The number of rotatable bonds is 5. The molecule has 0 atom stereocenters. The molecule has 1 aromatic carbocycles. The van der Waals surface area contributed by atoms with E-state index in [-0.39, 0.29) is 5.91 Å². The number of amides is 1. The summed E-state index contributed by atoms with van der Waals surface area (Å²) in [5.41, 5.74) is 2.70. The van der Waals surface area contributed by atoms with E-state index in [0.29, 0.717) is 12.1 Å². The van der Waals surface area contributed by atoms with Crippen molar-refractivity contribution in [3.63, 3.8) is 0 Å². The van der Waals surface area contributed by atoms with Crippen LogP contribution >= 0.6 is 11.3 Å². The van der Waals surface area contributed by atoms with E-state index in [4.69, 9.17) is 0 Å². The summed E-state index contributed by atoms with van der Waals surface area (Å²) in [4.78, 5) is 19.2. The molecule has 0 aliphatic carbocycles. The van der Waals surface area contributed by atoms with Crippen molar-refractivity contribution < 1.29 is 4.79 Å². The Morgan fingerprint density at radius 2 is 2.22 bits per heavy atom. The fraction of sp³-hybridized carbons (Fsp3) is 0.412. The number of aromatic nitrogens is 1. The maximum atomic E-state index is 12.3. The van der Waals surface area contributed by atoms with Crippen LogP contribution in [-0.4, -0.2) is 55.1 Å². The number of carbonyl (C=O) groups excluding carboxylic acids is 1. The lowest BCUT2D eigenvalue weighted by Gasteiger charge is -2.27. The molecule has 1 saturated heterocycles. The smallest absolute Gasteiger partial charge is 0.251 e. The molecule has 2 aromatic rings. The van der Waals surface area contributed by atoms with Gasteiger partial charge >= 0.3 is 0 Å². The monoisotopic (exact) mass is 330 g/mol. The maximum absolute atomic E-state index is 12.3. The quantitative estimate of drug-likeness (QED) is 0.877. The van der Waals surface area contributed by atoms with Crippen molar-refractivity contribution in [1.29, 1.82) is 0 Å². The third-order valence-electron chi connectivity index (χ3n) is 3.91. The van der Waals surface area contributed by atoms with E-state index < -0.39 is 0 Å². The third kappa shape index (κ3) is 4.37. The predicted octanol–water partition coefficient (Wildman–Crippen LogP) is 1.75. The van der Waals surface area contributed by atoms with Gasteiger partial charge < -0.3 is 10.6 Å². The second-order valence-electron chi connectivity index (χ2n) is 5.72. The number of hydrogen-bond acceptors (Lipinski definition) is 5. The zero-order chi connectivity index (χ0) is 16.1. The van der Waals surface area contributed by atoms with Crippen LogP contribution in [0, 0.1) is 6.92 Å². The molecule has 0 spiro atoms. The van der Waals surface area contributed by atoms with Gasteiger partial charge in [0, 0.05) is 61.5 Å². The highest BCUT2D eigenvalue weighted by Gasteiger charge is 2.11. The average Bonchev–Trinajstić information content (AvgIpc) is 3.02. The van der Waals surface area contributed by atoms with Crippen molar-refractivity contribution in [3.05, 3.63) is 40.9 Å². The minimum absolute atomic E-state index is 0.0183. The van der Waals surface area contributed by atoms with Gasteiger partial charge in [0.25, 0.3) is 5.91 Å². The van der Waals surface area contributed by atoms with Crippen molar-refractivity contribution in [3.8, 4) is 10.6 Å². The number of nitrogens with one attached hydrogen (secondary N) is 2. The highest BCUT2D eigenvalue weighted by Crippen LogP contribution is 2.24. The van der Waals surface area contributed by atoms with Crippen LogP contribution in [0.1, 0.15) is 16.1 Å². The summed E-state index contributed by atoms with van der Waals surface area (Å²) in [5, 5.41) is 9.32.